The number of nitrogens with zero attached hydrogens (tertiary/aromatic N) is 3. The third kappa shape index (κ3) is 1.93. The molecule has 0 saturated carbocycles. The summed E-state index contributed by atoms with van der Waals surface area (Å²) < 4.78 is 0. The van der Waals surface area contributed by atoms with E-state index >= 15 is 0 Å². The number of rotatable bonds is 2. The highest BCUT2D eigenvalue weighted by atomic mass is 16.1. The molecule has 0 spiro atoms. The Morgan fingerprint density at radius 1 is 1.20 bits per heavy atom. The average molecular weight is 201 g/mol. The molecule has 0 aliphatic carbocycles. The average Bonchev–Trinajstić information content (AvgIpc) is 2.58. The van der Waals surface area contributed by atoms with Crippen molar-refractivity contribution in [1.29, 1.82) is 5.41 Å². The second-order valence-electron chi connectivity index (χ2n) is 2.79. The zero-order chi connectivity index (χ0) is 10.7. The molecule has 1 aromatic heterocycles. The number of aromatic nitrogens is 2. The number of benzene rings is 1. The van der Waals surface area contributed by atoms with Crippen molar-refractivity contribution in [3.05, 3.63) is 51.5 Å². The summed E-state index contributed by atoms with van der Waals surface area (Å²) in [5.74, 6) is 0. The topological polar surface area (TPSA) is 91.1 Å². The number of hydrogen-bond acceptors (Lipinski definition) is 6. The molecule has 0 aliphatic heterocycles. The first-order chi connectivity index (χ1) is 7.27. The minimum absolute atomic E-state index is 0.0705. The third-order valence-corrected chi connectivity index (χ3v) is 1.74. The summed E-state index contributed by atoms with van der Waals surface area (Å²) in [6, 6.07) is 9.12. The van der Waals surface area contributed by atoms with Crippen LogP contribution in [0.2, 0.25) is 0 Å². The van der Waals surface area contributed by atoms with Gasteiger partial charge in [-0.3, -0.25) is 15.6 Å². The lowest BCUT2D eigenvalue weighted by Gasteiger charge is -1.95. The summed E-state index contributed by atoms with van der Waals surface area (Å²) in [7, 11) is 0. The van der Waals surface area contributed by atoms with Crippen LogP contribution < -0.4 is 21.8 Å². The lowest BCUT2D eigenvalue weighted by Crippen LogP contribution is -2.33. The molecule has 2 N–H and O–H groups in total. The van der Waals surface area contributed by atoms with Gasteiger partial charge >= 0.3 is 5.56 Å². The van der Waals surface area contributed by atoms with Crippen LogP contribution in [0, 0.1) is 5.41 Å². The second-order valence-corrected chi connectivity index (χ2v) is 2.79. The highest BCUT2D eigenvalue weighted by Gasteiger charge is 1.97. The molecule has 0 atom stereocenters. The van der Waals surface area contributed by atoms with Crippen LogP contribution in [0.15, 0.2) is 40.2 Å². The molecular formula is C9H7N5O. The Hall–Kier alpha value is -2.37. The van der Waals surface area contributed by atoms with Crippen LogP contribution in [-0.2, 0) is 0 Å². The Morgan fingerprint density at radius 3 is 2.53 bits per heavy atom. The van der Waals surface area contributed by atoms with E-state index in [-0.39, 0.29) is 10.8 Å². The first-order valence-corrected chi connectivity index (χ1v) is 4.21. The Bertz CT molecular complexity index is 567. The van der Waals surface area contributed by atoms with Crippen LogP contribution in [-0.4, -0.2) is 10.2 Å². The van der Waals surface area contributed by atoms with Crippen LogP contribution >= 0.6 is 0 Å². The largest absolute Gasteiger partial charge is 0.319 e. The standard InChI is InChI=1S/C9H7N5O/c10-8-7(9(15)14-13-8)12-11-6-4-2-1-3-5-6/h1-5,10-11H. The van der Waals surface area contributed by atoms with Gasteiger partial charge in [-0.2, -0.15) is 5.10 Å². The fourth-order valence-corrected chi connectivity index (χ4v) is 1.03. The molecular weight excluding hydrogens is 194 g/mol. The first kappa shape index (κ1) is 9.20. The van der Waals surface area contributed by atoms with Crippen LogP contribution in [0.1, 0.15) is 0 Å². The van der Waals surface area contributed by atoms with Crippen LogP contribution in [0.4, 0.5) is 5.69 Å². The van der Waals surface area contributed by atoms with Gasteiger partial charge in [0, 0.05) is 0 Å². The van der Waals surface area contributed by atoms with Gasteiger partial charge in [-0.05, 0) is 12.1 Å². The van der Waals surface area contributed by atoms with E-state index in [1.54, 1.807) is 12.1 Å². The fourth-order valence-electron chi connectivity index (χ4n) is 1.03. The SMILES string of the molecule is N=c1nnc(=O)c1=NNc1ccccc1. The lowest BCUT2D eigenvalue weighted by atomic mass is 10.3. The van der Waals surface area contributed by atoms with Gasteiger partial charge in [-0.1, -0.05) is 18.2 Å². The summed E-state index contributed by atoms with van der Waals surface area (Å²) in [6.07, 6.45) is 0. The van der Waals surface area contributed by atoms with E-state index < -0.39 is 5.56 Å². The van der Waals surface area contributed by atoms with Gasteiger partial charge in [-0.15, -0.1) is 10.2 Å². The molecule has 6 nitrogen and oxygen atoms in total. The van der Waals surface area contributed by atoms with Crippen molar-refractivity contribution in [2.45, 2.75) is 0 Å². The highest BCUT2D eigenvalue weighted by Crippen LogP contribution is 2.03. The molecule has 0 radical (unpaired) electrons. The van der Waals surface area contributed by atoms with Crippen molar-refractivity contribution >= 4 is 5.69 Å². The minimum atomic E-state index is -0.594. The second kappa shape index (κ2) is 3.79. The Kier molecular flexibility index (Phi) is 2.32. The minimum Gasteiger partial charge on any atom is -0.279 e. The number of nitrogens with one attached hydrogen (secondary N) is 2. The Morgan fingerprint density at radius 2 is 1.93 bits per heavy atom. The van der Waals surface area contributed by atoms with Crippen molar-refractivity contribution in [1.82, 2.24) is 10.2 Å². The molecule has 0 fully saturated rings. The van der Waals surface area contributed by atoms with Crippen molar-refractivity contribution < 1.29 is 0 Å². The summed E-state index contributed by atoms with van der Waals surface area (Å²) >= 11 is 0. The first-order valence-electron chi connectivity index (χ1n) is 4.21. The third-order valence-electron chi connectivity index (χ3n) is 1.74. The van der Waals surface area contributed by atoms with Crippen molar-refractivity contribution in [3.8, 4) is 0 Å². The molecule has 15 heavy (non-hydrogen) atoms. The Balaban J connectivity index is 2.35. The molecule has 1 heterocycles. The molecule has 0 unspecified atom stereocenters. The summed E-state index contributed by atoms with van der Waals surface area (Å²) in [4.78, 5) is 11.0. The van der Waals surface area contributed by atoms with E-state index in [9.17, 15) is 4.79 Å². The van der Waals surface area contributed by atoms with E-state index in [4.69, 9.17) is 5.41 Å². The molecule has 2 aromatic rings. The van der Waals surface area contributed by atoms with Gasteiger partial charge in [-0.25, -0.2) is 0 Å². The number of para-hydroxylation sites is 1. The quantitative estimate of drug-likeness (QED) is 0.617. The van der Waals surface area contributed by atoms with Gasteiger partial charge in [0.25, 0.3) is 0 Å². The zero-order valence-corrected chi connectivity index (χ0v) is 7.64. The molecule has 6 heteroatoms. The van der Waals surface area contributed by atoms with Gasteiger partial charge in [0.05, 0.1) is 5.69 Å². The maximum absolute atomic E-state index is 11.0. The molecule has 1 aromatic carbocycles. The van der Waals surface area contributed by atoms with E-state index in [1.807, 2.05) is 18.2 Å². The predicted molar refractivity (Wildman–Crippen MR) is 52.2 cm³/mol. The van der Waals surface area contributed by atoms with Crippen molar-refractivity contribution in [2.24, 2.45) is 5.10 Å². The number of anilines is 1. The van der Waals surface area contributed by atoms with Crippen LogP contribution in [0.5, 0.6) is 0 Å². The molecule has 0 aliphatic rings. The summed E-state index contributed by atoms with van der Waals surface area (Å²) in [5.41, 5.74) is 2.57. The predicted octanol–water partition coefficient (Wildman–Crippen LogP) is -0.880. The van der Waals surface area contributed by atoms with E-state index in [0.717, 1.165) is 5.69 Å². The van der Waals surface area contributed by atoms with Crippen LogP contribution in [0.3, 0.4) is 0 Å². The highest BCUT2D eigenvalue weighted by molar-refractivity contribution is 5.41. The smallest absolute Gasteiger partial charge is 0.279 e. The molecule has 0 bridgehead atoms. The molecule has 2 rings (SSSR count). The van der Waals surface area contributed by atoms with Gasteiger partial charge in [0.1, 0.15) is 0 Å². The van der Waals surface area contributed by atoms with Gasteiger partial charge < -0.3 is 0 Å². The maximum Gasteiger partial charge on any atom is 0.319 e. The van der Waals surface area contributed by atoms with Crippen LogP contribution in [0.25, 0.3) is 0 Å². The Labute approximate surface area is 84.1 Å². The summed E-state index contributed by atoms with van der Waals surface area (Å²) in [5, 5.41) is 17.4. The van der Waals surface area contributed by atoms with E-state index in [0.29, 0.717) is 0 Å². The van der Waals surface area contributed by atoms with E-state index in [2.05, 4.69) is 20.7 Å². The van der Waals surface area contributed by atoms with E-state index in [1.165, 1.54) is 0 Å². The normalized spacial score (nSPS) is 11.6. The van der Waals surface area contributed by atoms with Crippen molar-refractivity contribution in [3.63, 3.8) is 0 Å². The fraction of sp³-hybridized carbons (Fsp3) is 0. The van der Waals surface area contributed by atoms with Gasteiger partial charge in [0.15, 0.2) is 5.36 Å². The molecule has 0 saturated heterocycles. The summed E-state index contributed by atoms with van der Waals surface area (Å²) in [6.45, 7) is 0. The maximum atomic E-state index is 11.0. The monoisotopic (exact) mass is 201 g/mol. The lowest BCUT2D eigenvalue weighted by molar-refractivity contribution is 0.980. The molecule has 0 amide bonds. The molecule has 74 valence electrons. The van der Waals surface area contributed by atoms with Gasteiger partial charge in [0.2, 0.25) is 5.49 Å². The zero-order valence-electron chi connectivity index (χ0n) is 7.64. The van der Waals surface area contributed by atoms with Crippen molar-refractivity contribution in [2.75, 3.05) is 5.43 Å². The number of hydrogen-bond donors (Lipinski definition) is 2.